The van der Waals surface area contributed by atoms with Crippen LogP contribution in [0, 0.1) is 0 Å². The molecule has 1 aliphatic heterocycles. The lowest BCUT2D eigenvalue weighted by Gasteiger charge is -2.26. The van der Waals surface area contributed by atoms with Crippen molar-refractivity contribution in [3.05, 3.63) is 0 Å². The standard InChI is InChI=1S/C12H21BO4/c1-3-7-10(14)11(12(13)17-7)16-9-6-4-5-8(9)15-2/h7-12,14H,3-6H2,1-2H3/t7-,8-,9-,10+,11?,12-/m1/s1. The Morgan fingerprint density at radius 1 is 1.35 bits per heavy atom. The van der Waals surface area contributed by atoms with E-state index in [0.717, 1.165) is 25.7 Å². The molecular weight excluding hydrogens is 219 g/mol. The highest BCUT2D eigenvalue weighted by molar-refractivity contribution is 6.11. The van der Waals surface area contributed by atoms with E-state index in [2.05, 4.69) is 0 Å². The van der Waals surface area contributed by atoms with Gasteiger partial charge in [-0.15, -0.1) is 0 Å². The van der Waals surface area contributed by atoms with Crippen LogP contribution in [0.25, 0.3) is 0 Å². The normalized spacial score (nSPS) is 46.5. The Labute approximate surface area is 104 Å². The van der Waals surface area contributed by atoms with Gasteiger partial charge in [-0.25, -0.2) is 0 Å². The molecule has 2 rings (SSSR count). The van der Waals surface area contributed by atoms with Gasteiger partial charge in [-0.3, -0.25) is 0 Å². The largest absolute Gasteiger partial charge is 0.388 e. The van der Waals surface area contributed by atoms with Crippen LogP contribution in [0.2, 0.25) is 0 Å². The van der Waals surface area contributed by atoms with Gasteiger partial charge in [-0.2, -0.15) is 0 Å². The summed E-state index contributed by atoms with van der Waals surface area (Å²) in [5.74, 6) is 0. The van der Waals surface area contributed by atoms with E-state index in [4.69, 9.17) is 22.1 Å². The predicted molar refractivity (Wildman–Crippen MR) is 64.0 cm³/mol. The summed E-state index contributed by atoms with van der Waals surface area (Å²) in [4.78, 5) is 0. The Hall–Kier alpha value is -0.0951. The average Bonchev–Trinajstić information content (AvgIpc) is 2.88. The number of ether oxygens (including phenoxy) is 3. The van der Waals surface area contributed by atoms with Crippen LogP contribution >= 0.6 is 0 Å². The van der Waals surface area contributed by atoms with Crippen molar-refractivity contribution in [3.8, 4) is 0 Å². The van der Waals surface area contributed by atoms with E-state index in [1.165, 1.54) is 0 Å². The van der Waals surface area contributed by atoms with Crippen molar-refractivity contribution in [2.45, 2.75) is 69.1 Å². The fourth-order valence-corrected chi connectivity index (χ4v) is 2.78. The highest BCUT2D eigenvalue weighted by Gasteiger charge is 2.43. The van der Waals surface area contributed by atoms with E-state index in [-0.39, 0.29) is 18.3 Å². The van der Waals surface area contributed by atoms with Crippen LogP contribution in [0.5, 0.6) is 0 Å². The van der Waals surface area contributed by atoms with Crippen molar-refractivity contribution in [2.24, 2.45) is 0 Å². The molecule has 4 nitrogen and oxygen atoms in total. The molecule has 1 aliphatic carbocycles. The molecule has 0 amide bonds. The molecule has 1 saturated carbocycles. The number of rotatable bonds is 4. The predicted octanol–water partition coefficient (Wildman–Crippen LogP) is 0.603. The topological polar surface area (TPSA) is 47.9 Å². The minimum absolute atomic E-state index is 0.0323. The summed E-state index contributed by atoms with van der Waals surface area (Å²) in [5.41, 5.74) is 0. The Morgan fingerprint density at radius 3 is 2.65 bits per heavy atom. The fraction of sp³-hybridized carbons (Fsp3) is 1.00. The number of hydrogen-bond donors (Lipinski definition) is 1. The molecule has 1 unspecified atom stereocenters. The van der Waals surface area contributed by atoms with Gasteiger partial charge < -0.3 is 19.3 Å². The molecule has 1 saturated heterocycles. The zero-order valence-corrected chi connectivity index (χ0v) is 10.5. The maximum Gasteiger partial charge on any atom is 0.112 e. The first-order valence-corrected chi connectivity index (χ1v) is 6.44. The zero-order valence-electron chi connectivity index (χ0n) is 10.5. The fourth-order valence-electron chi connectivity index (χ4n) is 2.78. The number of aliphatic hydroxyl groups excluding tert-OH is 1. The second-order valence-corrected chi connectivity index (χ2v) is 4.88. The molecule has 6 atom stereocenters. The summed E-state index contributed by atoms with van der Waals surface area (Å²) < 4.78 is 16.8. The van der Waals surface area contributed by atoms with Gasteiger partial charge >= 0.3 is 0 Å². The third-order valence-corrected chi connectivity index (χ3v) is 3.80. The minimum atomic E-state index is -0.631. The average molecular weight is 240 g/mol. The van der Waals surface area contributed by atoms with Gasteiger partial charge in [0.05, 0.1) is 18.3 Å². The molecule has 0 aromatic carbocycles. The second kappa shape index (κ2) is 5.70. The number of aliphatic hydroxyl groups is 1. The van der Waals surface area contributed by atoms with Gasteiger partial charge in [0.2, 0.25) is 0 Å². The molecule has 5 heteroatoms. The van der Waals surface area contributed by atoms with Crippen molar-refractivity contribution >= 4 is 7.85 Å². The van der Waals surface area contributed by atoms with Crippen LogP contribution in [0.4, 0.5) is 0 Å². The van der Waals surface area contributed by atoms with Crippen molar-refractivity contribution < 1.29 is 19.3 Å². The van der Waals surface area contributed by atoms with Gasteiger partial charge in [-0.05, 0) is 25.7 Å². The molecule has 0 aromatic rings. The Balaban J connectivity index is 1.94. The van der Waals surface area contributed by atoms with Crippen LogP contribution in [0.3, 0.4) is 0 Å². The van der Waals surface area contributed by atoms with Crippen molar-refractivity contribution in [2.75, 3.05) is 7.11 Å². The van der Waals surface area contributed by atoms with Gasteiger partial charge in [0, 0.05) is 13.1 Å². The highest BCUT2D eigenvalue weighted by atomic mass is 16.6. The molecule has 0 spiro atoms. The van der Waals surface area contributed by atoms with Gasteiger partial charge in [0.15, 0.2) is 0 Å². The lowest BCUT2D eigenvalue weighted by Crippen LogP contribution is -2.40. The number of methoxy groups -OCH3 is 1. The van der Waals surface area contributed by atoms with Gasteiger partial charge in [0.1, 0.15) is 20.1 Å². The quantitative estimate of drug-likeness (QED) is 0.731. The van der Waals surface area contributed by atoms with Crippen molar-refractivity contribution in [1.82, 2.24) is 0 Å². The Morgan fingerprint density at radius 2 is 2.06 bits per heavy atom. The van der Waals surface area contributed by atoms with Crippen LogP contribution in [-0.2, 0) is 14.2 Å². The second-order valence-electron chi connectivity index (χ2n) is 4.88. The highest BCUT2D eigenvalue weighted by Crippen LogP contribution is 2.31. The molecule has 2 aliphatic rings. The number of hydrogen-bond acceptors (Lipinski definition) is 4. The summed E-state index contributed by atoms with van der Waals surface area (Å²) in [6, 6.07) is -0.534. The first-order valence-electron chi connectivity index (χ1n) is 6.44. The molecule has 96 valence electrons. The van der Waals surface area contributed by atoms with Gasteiger partial charge in [-0.1, -0.05) is 6.92 Å². The Bertz CT molecular complexity index is 251. The summed E-state index contributed by atoms with van der Waals surface area (Å²) in [7, 11) is 7.55. The first-order chi connectivity index (χ1) is 8.17. The smallest absolute Gasteiger partial charge is 0.112 e. The lowest BCUT2D eigenvalue weighted by atomic mass is 9.92. The molecule has 17 heavy (non-hydrogen) atoms. The van der Waals surface area contributed by atoms with Crippen molar-refractivity contribution in [1.29, 1.82) is 0 Å². The maximum atomic E-state index is 10.1. The third kappa shape index (κ3) is 2.68. The molecule has 0 aromatic heterocycles. The summed E-state index contributed by atoms with van der Waals surface area (Å²) in [5, 5.41) is 10.1. The van der Waals surface area contributed by atoms with Crippen LogP contribution in [-0.4, -0.2) is 56.6 Å². The SMILES string of the molecule is [B][C@@H]1O[C@H](CC)[C@H](O)C1O[C@@H]1CCC[C@H]1OC. The molecule has 2 radical (unpaired) electrons. The molecule has 2 fully saturated rings. The van der Waals surface area contributed by atoms with Crippen LogP contribution in [0.15, 0.2) is 0 Å². The minimum Gasteiger partial charge on any atom is -0.388 e. The van der Waals surface area contributed by atoms with E-state index >= 15 is 0 Å². The van der Waals surface area contributed by atoms with E-state index in [0.29, 0.717) is 0 Å². The van der Waals surface area contributed by atoms with E-state index in [1.807, 2.05) is 6.92 Å². The van der Waals surface area contributed by atoms with Crippen molar-refractivity contribution in [3.63, 3.8) is 0 Å². The molecular formula is C12H21BO4. The monoisotopic (exact) mass is 240 g/mol. The lowest BCUT2D eigenvalue weighted by molar-refractivity contribution is -0.105. The van der Waals surface area contributed by atoms with E-state index in [1.54, 1.807) is 7.11 Å². The summed E-state index contributed by atoms with van der Waals surface area (Å²) in [6.07, 6.45) is 2.70. The maximum absolute atomic E-state index is 10.1. The molecule has 1 N–H and O–H groups in total. The van der Waals surface area contributed by atoms with Crippen LogP contribution in [0.1, 0.15) is 32.6 Å². The third-order valence-electron chi connectivity index (χ3n) is 3.80. The van der Waals surface area contributed by atoms with Crippen LogP contribution < -0.4 is 0 Å². The molecule has 1 heterocycles. The van der Waals surface area contributed by atoms with E-state index in [9.17, 15) is 5.11 Å². The zero-order chi connectivity index (χ0) is 12.4. The molecule has 0 bridgehead atoms. The summed E-state index contributed by atoms with van der Waals surface area (Å²) >= 11 is 0. The summed E-state index contributed by atoms with van der Waals surface area (Å²) in [6.45, 7) is 1.97. The van der Waals surface area contributed by atoms with E-state index < -0.39 is 18.2 Å². The first kappa shape index (κ1) is 13.3. The Kier molecular flexibility index (Phi) is 4.47. The van der Waals surface area contributed by atoms with Gasteiger partial charge in [0.25, 0.3) is 0 Å².